The lowest BCUT2D eigenvalue weighted by atomic mass is 10.1. The number of aryl methyl sites for hydroxylation is 1. The largest absolute Gasteiger partial charge is 0.496 e. The highest BCUT2D eigenvalue weighted by atomic mass is 19.1. The molecule has 3 heterocycles. The molecule has 0 saturated carbocycles. The van der Waals surface area contributed by atoms with Crippen LogP contribution in [0.25, 0.3) is 22.3 Å². The molecule has 4 N–H and O–H groups in total. The van der Waals surface area contributed by atoms with Crippen LogP contribution in [0.5, 0.6) is 5.75 Å². The molecule has 192 valence electrons. The lowest BCUT2D eigenvalue weighted by Crippen LogP contribution is -2.34. The molecule has 1 fully saturated rings. The first-order chi connectivity index (χ1) is 17.8. The van der Waals surface area contributed by atoms with Crippen molar-refractivity contribution < 1.29 is 23.4 Å². The number of ether oxygens (including phenoxy) is 1. The summed E-state index contributed by atoms with van der Waals surface area (Å²) in [7, 11) is 3.01. The van der Waals surface area contributed by atoms with Crippen molar-refractivity contribution in [1.29, 1.82) is 0 Å². The van der Waals surface area contributed by atoms with Crippen LogP contribution in [0, 0.1) is 11.6 Å². The number of anilines is 2. The average Bonchev–Trinajstić information content (AvgIpc) is 3.46. The molecule has 1 saturated heterocycles. The molecule has 0 spiro atoms. The van der Waals surface area contributed by atoms with E-state index in [2.05, 4.69) is 20.4 Å². The lowest BCUT2D eigenvalue weighted by Gasteiger charge is -2.28. The van der Waals surface area contributed by atoms with Crippen LogP contribution in [0.1, 0.15) is 16.9 Å². The van der Waals surface area contributed by atoms with E-state index in [0.29, 0.717) is 24.0 Å². The number of aliphatic hydroxyl groups is 1. The highest BCUT2D eigenvalue weighted by molar-refractivity contribution is 6.09. The van der Waals surface area contributed by atoms with Crippen molar-refractivity contribution in [3.63, 3.8) is 0 Å². The molecule has 5 rings (SSSR count). The number of nitrogens with zero attached hydrogens (tertiary/aromatic N) is 5. The Labute approximate surface area is 210 Å². The van der Waals surface area contributed by atoms with Gasteiger partial charge in [-0.25, -0.2) is 18.7 Å². The molecule has 10 nitrogen and oxygen atoms in total. The monoisotopic (exact) mass is 509 g/mol. The molecule has 1 aliphatic rings. The summed E-state index contributed by atoms with van der Waals surface area (Å²) in [6.45, 7) is 0.231. The number of aliphatic hydroxyl groups excluding tert-OH is 1. The fraction of sp³-hybridized carbons (Fsp3) is 0.280. The van der Waals surface area contributed by atoms with Gasteiger partial charge in [-0.1, -0.05) is 6.07 Å². The first-order valence-electron chi connectivity index (χ1n) is 11.6. The van der Waals surface area contributed by atoms with E-state index < -0.39 is 17.5 Å². The number of carbonyl (C=O) groups is 1. The van der Waals surface area contributed by atoms with Gasteiger partial charge in [0.1, 0.15) is 22.8 Å². The Morgan fingerprint density at radius 1 is 1.30 bits per heavy atom. The van der Waals surface area contributed by atoms with Gasteiger partial charge in [0, 0.05) is 37.3 Å². The van der Waals surface area contributed by atoms with Gasteiger partial charge >= 0.3 is 0 Å². The standard InChI is InChI=1S/C25H25F2N7O3/c1-33-22-15(10-30-33)23(34-11-13(28)8-14(34)12-35)19(9-17(22)27)32-25(36)18-6-7-29-24(31-18)21-16(26)4-3-5-20(21)37-2/h3-7,9-10,13-14,35H,8,11-12,28H2,1-2H3,(H,32,36)/t13-,14-/m0/s1. The predicted molar refractivity (Wildman–Crippen MR) is 133 cm³/mol. The first-order valence-corrected chi connectivity index (χ1v) is 11.6. The molecule has 2 aromatic carbocycles. The number of hydrogen-bond donors (Lipinski definition) is 3. The maximum atomic E-state index is 15.1. The van der Waals surface area contributed by atoms with E-state index in [0.717, 1.165) is 0 Å². The Kier molecular flexibility index (Phi) is 6.44. The SMILES string of the molecule is COc1cccc(F)c1-c1nccc(C(=O)Nc2cc(F)c3c(cnn3C)c2N2C[C@@H](N)C[C@H]2CO)n1. The Morgan fingerprint density at radius 3 is 2.86 bits per heavy atom. The van der Waals surface area contributed by atoms with Gasteiger partial charge in [0.15, 0.2) is 11.6 Å². The summed E-state index contributed by atoms with van der Waals surface area (Å²) in [4.78, 5) is 23.5. The molecular formula is C25H25F2N7O3. The molecule has 2 aromatic heterocycles. The Bertz CT molecular complexity index is 1490. The Balaban J connectivity index is 1.57. The smallest absolute Gasteiger partial charge is 0.274 e. The van der Waals surface area contributed by atoms with E-state index in [1.165, 1.54) is 48.5 Å². The van der Waals surface area contributed by atoms with Crippen molar-refractivity contribution in [2.75, 3.05) is 30.5 Å². The summed E-state index contributed by atoms with van der Waals surface area (Å²) in [6, 6.07) is 6.33. The number of halogens is 2. The second-order valence-corrected chi connectivity index (χ2v) is 8.81. The fourth-order valence-electron chi connectivity index (χ4n) is 4.79. The summed E-state index contributed by atoms with van der Waals surface area (Å²) >= 11 is 0. The highest BCUT2D eigenvalue weighted by Gasteiger charge is 2.33. The third-order valence-corrected chi connectivity index (χ3v) is 6.45. The lowest BCUT2D eigenvalue weighted by molar-refractivity contribution is 0.102. The Morgan fingerprint density at radius 2 is 2.11 bits per heavy atom. The van der Waals surface area contributed by atoms with Crippen LogP contribution in [-0.2, 0) is 7.05 Å². The van der Waals surface area contributed by atoms with E-state index in [-0.39, 0.29) is 52.7 Å². The van der Waals surface area contributed by atoms with Gasteiger partial charge in [-0.2, -0.15) is 5.10 Å². The maximum absolute atomic E-state index is 15.1. The highest BCUT2D eigenvalue weighted by Crippen LogP contribution is 2.40. The predicted octanol–water partition coefficient (Wildman–Crippen LogP) is 2.47. The van der Waals surface area contributed by atoms with Gasteiger partial charge in [-0.3, -0.25) is 9.48 Å². The second-order valence-electron chi connectivity index (χ2n) is 8.81. The molecular weight excluding hydrogens is 484 g/mol. The number of hydrogen-bond acceptors (Lipinski definition) is 8. The first kappa shape index (κ1) is 24.5. The third-order valence-electron chi connectivity index (χ3n) is 6.45. The number of aromatic nitrogens is 4. The van der Waals surface area contributed by atoms with Crippen LogP contribution >= 0.6 is 0 Å². The molecule has 37 heavy (non-hydrogen) atoms. The second kappa shape index (κ2) is 9.71. The van der Waals surface area contributed by atoms with Crippen molar-refractivity contribution in [2.24, 2.45) is 12.8 Å². The summed E-state index contributed by atoms with van der Waals surface area (Å²) in [5.74, 6) is -1.68. The van der Waals surface area contributed by atoms with Gasteiger partial charge in [-0.15, -0.1) is 0 Å². The summed E-state index contributed by atoms with van der Waals surface area (Å²) in [5.41, 5.74) is 7.03. The number of nitrogens with one attached hydrogen (secondary N) is 1. The van der Waals surface area contributed by atoms with Crippen LogP contribution in [0.4, 0.5) is 20.2 Å². The van der Waals surface area contributed by atoms with Crippen molar-refractivity contribution in [2.45, 2.75) is 18.5 Å². The minimum Gasteiger partial charge on any atom is -0.496 e. The summed E-state index contributed by atoms with van der Waals surface area (Å²) in [6.07, 6.45) is 3.37. The number of fused-ring (bicyclic) bond motifs is 1. The zero-order valence-electron chi connectivity index (χ0n) is 20.2. The van der Waals surface area contributed by atoms with Crippen molar-refractivity contribution in [1.82, 2.24) is 19.7 Å². The molecule has 0 aliphatic carbocycles. The molecule has 12 heteroatoms. The quantitative estimate of drug-likeness (QED) is 0.361. The molecule has 0 radical (unpaired) electrons. The normalized spacial score (nSPS) is 17.4. The van der Waals surface area contributed by atoms with Crippen LogP contribution in [-0.4, -0.2) is 63.1 Å². The summed E-state index contributed by atoms with van der Waals surface area (Å²) < 4.78 is 36.4. The van der Waals surface area contributed by atoms with E-state index in [1.807, 2.05) is 4.90 Å². The van der Waals surface area contributed by atoms with Gasteiger partial charge in [0.05, 0.1) is 42.9 Å². The van der Waals surface area contributed by atoms with Crippen LogP contribution in [0.3, 0.4) is 0 Å². The van der Waals surface area contributed by atoms with Crippen LogP contribution in [0.2, 0.25) is 0 Å². The van der Waals surface area contributed by atoms with Crippen LogP contribution < -0.4 is 20.7 Å². The summed E-state index contributed by atoms with van der Waals surface area (Å²) in [5, 5.41) is 17.3. The van der Waals surface area contributed by atoms with Crippen LogP contribution in [0.15, 0.2) is 42.7 Å². The van der Waals surface area contributed by atoms with E-state index >= 15 is 4.39 Å². The van der Waals surface area contributed by atoms with Crippen molar-refractivity contribution in [3.8, 4) is 17.1 Å². The maximum Gasteiger partial charge on any atom is 0.274 e. The minimum absolute atomic E-state index is 0.0139. The minimum atomic E-state index is -0.660. The number of benzene rings is 2. The van der Waals surface area contributed by atoms with Crippen molar-refractivity contribution >= 4 is 28.2 Å². The number of carbonyl (C=O) groups excluding carboxylic acids is 1. The number of methoxy groups -OCH3 is 1. The molecule has 0 unspecified atom stereocenters. The number of nitrogens with two attached hydrogens (primary N) is 1. The number of rotatable bonds is 6. The Hall–Kier alpha value is -4.16. The van der Waals surface area contributed by atoms with E-state index in [9.17, 15) is 14.3 Å². The molecule has 1 aliphatic heterocycles. The van der Waals surface area contributed by atoms with Gasteiger partial charge in [0.2, 0.25) is 0 Å². The average molecular weight is 510 g/mol. The van der Waals surface area contributed by atoms with Gasteiger partial charge in [-0.05, 0) is 24.6 Å². The fourth-order valence-corrected chi connectivity index (χ4v) is 4.79. The molecule has 0 bridgehead atoms. The third kappa shape index (κ3) is 4.34. The van der Waals surface area contributed by atoms with Gasteiger partial charge in [0.25, 0.3) is 5.91 Å². The van der Waals surface area contributed by atoms with Crippen molar-refractivity contribution in [3.05, 3.63) is 60.1 Å². The zero-order chi connectivity index (χ0) is 26.3. The van der Waals surface area contributed by atoms with E-state index in [4.69, 9.17) is 10.5 Å². The molecule has 2 atom stereocenters. The molecule has 1 amide bonds. The van der Waals surface area contributed by atoms with E-state index in [1.54, 1.807) is 13.1 Å². The molecule has 4 aromatic rings. The topological polar surface area (TPSA) is 131 Å². The van der Waals surface area contributed by atoms with Gasteiger partial charge < -0.3 is 25.8 Å². The number of amides is 1. The zero-order valence-corrected chi connectivity index (χ0v) is 20.2.